The first-order valence-electron chi connectivity index (χ1n) is 8.52. The molecule has 1 aromatic rings. The zero-order valence-corrected chi connectivity index (χ0v) is 13.0. The van der Waals surface area contributed by atoms with E-state index in [2.05, 4.69) is 35.6 Å². The molecule has 0 amide bonds. The van der Waals surface area contributed by atoms with Gasteiger partial charge in [-0.15, -0.1) is 0 Å². The Morgan fingerprint density at radius 3 is 2.43 bits per heavy atom. The second-order valence-corrected chi connectivity index (χ2v) is 7.92. The molecule has 4 bridgehead atoms. The van der Waals surface area contributed by atoms with E-state index in [1.165, 1.54) is 37.7 Å². The molecule has 21 heavy (non-hydrogen) atoms. The summed E-state index contributed by atoms with van der Waals surface area (Å²) in [6.45, 7) is 0.671. The Bertz CT molecular complexity index is 536. The SMILES string of the molecule is C[NH2+]CC(=O)C12C[C@H]3C[C@@H](C1)CC(c1ccccc1)(C3)C2. The third-order valence-corrected chi connectivity index (χ3v) is 6.43. The van der Waals surface area contributed by atoms with Crippen LogP contribution in [0.1, 0.15) is 44.1 Å². The van der Waals surface area contributed by atoms with Crippen LogP contribution in [0.2, 0.25) is 0 Å². The predicted octanol–water partition coefficient (Wildman–Crippen LogP) is 2.29. The number of carbonyl (C=O) groups is 1. The molecule has 1 aromatic carbocycles. The summed E-state index contributed by atoms with van der Waals surface area (Å²) in [5.41, 5.74) is 1.80. The Balaban J connectivity index is 1.73. The average molecular weight is 284 g/mol. The molecule has 0 heterocycles. The standard InChI is InChI=1S/C19H25NO/c1-20-12-17(21)19-10-14-7-15(11-19)9-18(8-14,13-19)16-5-3-2-4-6-16/h2-6,14-15,20H,7-13H2,1H3/p+1/t14-,15+,18?,19?. The van der Waals surface area contributed by atoms with Crippen molar-refractivity contribution in [1.29, 1.82) is 0 Å². The van der Waals surface area contributed by atoms with Crippen LogP contribution in [-0.2, 0) is 10.2 Å². The van der Waals surface area contributed by atoms with Gasteiger partial charge in [0, 0.05) is 5.41 Å². The lowest BCUT2D eigenvalue weighted by Crippen LogP contribution is -2.82. The molecule has 0 aromatic heterocycles. The molecule has 4 saturated carbocycles. The molecule has 0 spiro atoms. The van der Waals surface area contributed by atoms with Crippen molar-refractivity contribution in [2.24, 2.45) is 17.3 Å². The molecule has 2 N–H and O–H groups in total. The Morgan fingerprint density at radius 2 is 1.81 bits per heavy atom. The van der Waals surface area contributed by atoms with Gasteiger partial charge >= 0.3 is 0 Å². The lowest BCUT2D eigenvalue weighted by Gasteiger charge is -2.61. The number of Topliss-reactive ketones (excluding diaryl/α,β-unsaturated/α-hetero) is 1. The van der Waals surface area contributed by atoms with E-state index in [1.807, 2.05) is 7.05 Å². The van der Waals surface area contributed by atoms with E-state index in [-0.39, 0.29) is 5.41 Å². The number of likely N-dealkylation sites (N-methyl/N-ethyl adjacent to an activating group) is 1. The van der Waals surface area contributed by atoms with Crippen LogP contribution in [0.15, 0.2) is 30.3 Å². The molecule has 5 rings (SSSR count). The number of hydrogen-bond acceptors (Lipinski definition) is 1. The zero-order chi connectivity index (χ0) is 14.5. The van der Waals surface area contributed by atoms with Gasteiger partial charge in [0.05, 0.1) is 7.05 Å². The van der Waals surface area contributed by atoms with E-state index in [0.29, 0.717) is 17.7 Å². The molecule has 2 heteroatoms. The van der Waals surface area contributed by atoms with Crippen LogP contribution in [0, 0.1) is 17.3 Å². The van der Waals surface area contributed by atoms with Crippen LogP contribution in [0.5, 0.6) is 0 Å². The molecular formula is C19H26NO+. The minimum atomic E-state index is 0.00638. The predicted molar refractivity (Wildman–Crippen MR) is 83.0 cm³/mol. The Hall–Kier alpha value is -1.15. The molecule has 2 nitrogen and oxygen atoms in total. The molecule has 4 aliphatic carbocycles. The lowest BCUT2D eigenvalue weighted by molar-refractivity contribution is -0.616. The van der Waals surface area contributed by atoms with Crippen LogP contribution in [-0.4, -0.2) is 19.4 Å². The normalized spacial score (nSPS) is 40.4. The van der Waals surface area contributed by atoms with E-state index in [1.54, 1.807) is 0 Å². The molecule has 4 atom stereocenters. The van der Waals surface area contributed by atoms with E-state index in [4.69, 9.17) is 0 Å². The third kappa shape index (κ3) is 1.99. The smallest absolute Gasteiger partial charge is 0.192 e. The monoisotopic (exact) mass is 284 g/mol. The first-order chi connectivity index (χ1) is 10.2. The van der Waals surface area contributed by atoms with Crippen molar-refractivity contribution in [3.8, 4) is 0 Å². The van der Waals surface area contributed by atoms with Crippen molar-refractivity contribution in [2.75, 3.05) is 13.6 Å². The number of hydrogen-bond donors (Lipinski definition) is 1. The number of quaternary nitrogens is 1. The van der Waals surface area contributed by atoms with Gasteiger partial charge in [-0.2, -0.15) is 0 Å². The number of nitrogens with two attached hydrogens (primary N) is 1. The molecular weight excluding hydrogens is 258 g/mol. The highest BCUT2D eigenvalue weighted by Crippen LogP contribution is 2.65. The zero-order valence-electron chi connectivity index (χ0n) is 13.0. The first kappa shape index (κ1) is 13.5. The second kappa shape index (κ2) is 4.67. The number of rotatable bonds is 4. The fourth-order valence-electron chi connectivity index (χ4n) is 6.12. The molecule has 4 aliphatic rings. The molecule has 2 unspecified atom stereocenters. The summed E-state index contributed by atoms with van der Waals surface area (Å²) < 4.78 is 0. The number of benzene rings is 1. The molecule has 112 valence electrons. The molecule has 4 fully saturated rings. The van der Waals surface area contributed by atoms with Gasteiger partial charge in [-0.05, 0) is 61.3 Å². The van der Waals surface area contributed by atoms with E-state index in [0.717, 1.165) is 18.3 Å². The lowest BCUT2D eigenvalue weighted by atomic mass is 9.42. The van der Waals surface area contributed by atoms with Gasteiger partial charge in [-0.1, -0.05) is 30.3 Å². The highest BCUT2D eigenvalue weighted by Gasteiger charge is 2.60. The number of ketones is 1. The summed E-state index contributed by atoms with van der Waals surface area (Å²) in [5.74, 6) is 2.10. The van der Waals surface area contributed by atoms with E-state index >= 15 is 0 Å². The van der Waals surface area contributed by atoms with Crippen LogP contribution >= 0.6 is 0 Å². The van der Waals surface area contributed by atoms with Gasteiger partial charge in [0.15, 0.2) is 5.78 Å². The summed E-state index contributed by atoms with van der Waals surface area (Å²) in [5, 5.41) is 2.05. The largest absolute Gasteiger partial charge is 0.342 e. The average Bonchev–Trinajstić information content (AvgIpc) is 2.47. The van der Waals surface area contributed by atoms with E-state index in [9.17, 15) is 4.79 Å². The Kier molecular flexibility index (Phi) is 3.01. The van der Waals surface area contributed by atoms with Crippen molar-refractivity contribution < 1.29 is 10.1 Å². The van der Waals surface area contributed by atoms with Gasteiger partial charge < -0.3 is 5.32 Å². The highest BCUT2D eigenvalue weighted by atomic mass is 16.1. The van der Waals surface area contributed by atoms with Gasteiger partial charge in [0.25, 0.3) is 0 Å². The van der Waals surface area contributed by atoms with Crippen LogP contribution < -0.4 is 5.32 Å². The highest BCUT2D eigenvalue weighted by molar-refractivity contribution is 5.86. The molecule has 0 saturated heterocycles. The first-order valence-corrected chi connectivity index (χ1v) is 8.52. The fourth-order valence-corrected chi connectivity index (χ4v) is 6.12. The topological polar surface area (TPSA) is 33.7 Å². The second-order valence-electron chi connectivity index (χ2n) is 7.92. The summed E-state index contributed by atoms with van der Waals surface area (Å²) >= 11 is 0. The molecule has 0 aliphatic heterocycles. The fraction of sp³-hybridized carbons (Fsp3) is 0.632. The van der Waals surface area contributed by atoms with Gasteiger partial charge in [-0.25, -0.2) is 0 Å². The summed E-state index contributed by atoms with van der Waals surface area (Å²) in [6, 6.07) is 11.1. The van der Waals surface area contributed by atoms with Gasteiger partial charge in [-0.3, -0.25) is 4.79 Å². The van der Waals surface area contributed by atoms with Crippen molar-refractivity contribution in [2.45, 2.75) is 43.9 Å². The Labute approximate surface area is 127 Å². The Morgan fingerprint density at radius 1 is 1.14 bits per heavy atom. The number of carbonyl (C=O) groups excluding carboxylic acids is 1. The maximum absolute atomic E-state index is 12.8. The summed E-state index contributed by atoms with van der Waals surface area (Å²) in [6.07, 6.45) is 7.47. The quantitative estimate of drug-likeness (QED) is 0.904. The van der Waals surface area contributed by atoms with Crippen molar-refractivity contribution in [3.63, 3.8) is 0 Å². The van der Waals surface area contributed by atoms with Crippen LogP contribution in [0.3, 0.4) is 0 Å². The summed E-state index contributed by atoms with van der Waals surface area (Å²) in [4.78, 5) is 12.8. The van der Waals surface area contributed by atoms with Crippen LogP contribution in [0.25, 0.3) is 0 Å². The van der Waals surface area contributed by atoms with Crippen LogP contribution in [0.4, 0.5) is 0 Å². The van der Waals surface area contributed by atoms with E-state index < -0.39 is 0 Å². The minimum absolute atomic E-state index is 0.00638. The minimum Gasteiger partial charge on any atom is -0.342 e. The van der Waals surface area contributed by atoms with Gasteiger partial charge in [0.2, 0.25) is 0 Å². The maximum atomic E-state index is 12.8. The third-order valence-electron chi connectivity index (χ3n) is 6.43. The van der Waals surface area contributed by atoms with Crippen molar-refractivity contribution in [3.05, 3.63) is 35.9 Å². The maximum Gasteiger partial charge on any atom is 0.192 e. The summed E-state index contributed by atoms with van der Waals surface area (Å²) in [7, 11) is 2.02. The van der Waals surface area contributed by atoms with Gasteiger partial charge in [0.1, 0.15) is 6.54 Å². The van der Waals surface area contributed by atoms with Crippen molar-refractivity contribution in [1.82, 2.24) is 0 Å². The molecule has 0 radical (unpaired) electrons. The van der Waals surface area contributed by atoms with Crippen molar-refractivity contribution >= 4 is 5.78 Å².